The van der Waals surface area contributed by atoms with Gasteiger partial charge in [-0.05, 0) is 17.3 Å². The molecule has 0 heterocycles. The molecule has 0 aromatic heterocycles. The molecule has 1 aromatic carbocycles. The average Bonchev–Trinajstić information content (AvgIpc) is 2.24. The Morgan fingerprint density at radius 2 is 1.88 bits per heavy atom. The van der Waals surface area contributed by atoms with Crippen molar-refractivity contribution in [2.75, 3.05) is 13.7 Å². The number of hydrogen-bond donors (Lipinski definition) is 0. The maximum absolute atomic E-state index is 12.0. The topological polar surface area (TPSA) is 30.8 Å². The molecule has 0 N–H and O–H groups in total. The Bertz CT molecular complexity index is 349. The minimum absolute atomic E-state index is 0.194. The molecule has 0 radical (unpaired) electrons. The van der Waals surface area contributed by atoms with Crippen molar-refractivity contribution in [3.8, 4) is 0 Å². The van der Waals surface area contributed by atoms with Crippen LogP contribution in [0.1, 0.15) is 5.56 Å². The van der Waals surface area contributed by atoms with Crippen molar-refractivity contribution in [2.45, 2.75) is 6.18 Å². The first-order valence-electron chi connectivity index (χ1n) is 4.39. The maximum atomic E-state index is 12.0. The molecule has 0 saturated heterocycles. The van der Waals surface area contributed by atoms with Crippen LogP contribution in [-0.4, -0.2) is 25.8 Å². The fraction of sp³-hybridized carbons (Fsp3) is 0.300. The summed E-state index contributed by atoms with van der Waals surface area (Å²) >= 11 is 0. The lowest BCUT2D eigenvalue weighted by Crippen LogP contribution is -2.21. The number of alkyl halides is 3. The Morgan fingerprint density at radius 1 is 1.25 bits per heavy atom. The van der Waals surface area contributed by atoms with Gasteiger partial charge in [0.15, 0.2) is 6.61 Å². The van der Waals surface area contributed by atoms with E-state index in [4.69, 9.17) is 0 Å². The molecule has 0 aliphatic carbocycles. The molecule has 6 heteroatoms. The zero-order chi connectivity index (χ0) is 12.0. The van der Waals surface area contributed by atoms with Gasteiger partial charge in [0.2, 0.25) is 0 Å². The summed E-state index contributed by atoms with van der Waals surface area (Å²) in [6.45, 7) is -1.40. The van der Waals surface area contributed by atoms with E-state index in [2.05, 4.69) is 14.7 Å². The second-order valence-electron chi connectivity index (χ2n) is 2.85. The number of halogens is 3. The SMILES string of the molecule is CO/N=C(/OCC(F)(F)F)c1ccccc1. The normalized spacial score (nSPS) is 12.4. The maximum Gasteiger partial charge on any atom is 0.422 e. The molecule has 3 nitrogen and oxygen atoms in total. The van der Waals surface area contributed by atoms with E-state index in [1.165, 1.54) is 7.11 Å². The van der Waals surface area contributed by atoms with Gasteiger partial charge >= 0.3 is 6.18 Å². The number of rotatable bonds is 3. The predicted octanol–water partition coefficient (Wildman–Crippen LogP) is 2.57. The fourth-order valence-corrected chi connectivity index (χ4v) is 0.976. The number of oxime groups is 1. The van der Waals surface area contributed by atoms with Gasteiger partial charge < -0.3 is 9.57 Å². The van der Waals surface area contributed by atoms with Crippen molar-refractivity contribution >= 4 is 5.90 Å². The van der Waals surface area contributed by atoms with Gasteiger partial charge in [0.05, 0.1) is 0 Å². The largest absolute Gasteiger partial charge is 0.466 e. The van der Waals surface area contributed by atoms with Crippen LogP contribution < -0.4 is 0 Å². The number of nitrogens with zero attached hydrogens (tertiary/aromatic N) is 1. The number of hydrogen-bond acceptors (Lipinski definition) is 3. The molecule has 0 fully saturated rings. The third kappa shape index (κ3) is 4.20. The monoisotopic (exact) mass is 233 g/mol. The van der Waals surface area contributed by atoms with Gasteiger partial charge in [-0.3, -0.25) is 0 Å². The van der Waals surface area contributed by atoms with Crippen molar-refractivity contribution in [1.29, 1.82) is 0 Å². The van der Waals surface area contributed by atoms with Crippen LogP contribution in [0.2, 0.25) is 0 Å². The van der Waals surface area contributed by atoms with Crippen molar-refractivity contribution in [3.05, 3.63) is 35.9 Å². The van der Waals surface area contributed by atoms with Gasteiger partial charge in [-0.2, -0.15) is 13.2 Å². The summed E-state index contributed by atoms with van der Waals surface area (Å²) in [7, 11) is 1.24. The van der Waals surface area contributed by atoms with Crippen molar-refractivity contribution in [1.82, 2.24) is 0 Å². The number of benzene rings is 1. The Kier molecular flexibility index (Phi) is 4.16. The lowest BCUT2D eigenvalue weighted by molar-refractivity contribution is -0.156. The fourth-order valence-electron chi connectivity index (χ4n) is 0.976. The summed E-state index contributed by atoms with van der Waals surface area (Å²) in [5.74, 6) is -0.194. The molecule has 0 spiro atoms. The molecule has 0 bridgehead atoms. The molecule has 0 unspecified atom stereocenters. The van der Waals surface area contributed by atoms with Crippen LogP contribution in [0.15, 0.2) is 35.5 Å². The number of ether oxygens (including phenoxy) is 1. The highest BCUT2D eigenvalue weighted by atomic mass is 19.4. The summed E-state index contributed by atoms with van der Waals surface area (Å²) < 4.78 is 40.4. The van der Waals surface area contributed by atoms with Gasteiger partial charge in [0.25, 0.3) is 5.90 Å². The van der Waals surface area contributed by atoms with E-state index >= 15 is 0 Å². The van der Waals surface area contributed by atoms with E-state index in [0.29, 0.717) is 5.56 Å². The molecule has 0 saturated carbocycles. The van der Waals surface area contributed by atoms with Crippen molar-refractivity contribution in [2.24, 2.45) is 5.16 Å². The first-order chi connectivity index (χ1) is 7.53. The van der Waals surface area contributed by atoms with E-state index in [1.807, 2.05) is 0 Å². The third-order valence-corrected chi connectivity index (χ3v) is 1.57. The second-order valence-corrected chi connectivity index (χ2v) is 2.85. The van der Waals surface area contributed by atoms with Crippen molar-refractivity contribution < 1.29 is 22.7 Å². The zero-order valence-corrected chi connectivity index (χ0v) is 8.49. The molecule has 0 amide bonds. The summed E-state index contributed by atoms with van der Waals surface area (Å²) in [6.07, 6.45) is -4.40. The van der Waals surface area contributed by atoms with E-state index < -0.39 is 12.8 Å². The molecule has 0 atom stereocenters. The van der Waals surface area contributed by atoms with Crippen molar-refractivity contribution in [3.63, 3.8) is 0 Å². The highest BCUT2D eigenvalue weighted by Gasteiger charge is 2.29. The van der Waals surface area contributed by atoms with Crippen LogP contribution in [0.4, 0.5) is 13.2 Å². The summed E-state index contributed by atoms with van der Waals surface area (Å²) in [6, 6.07) is 8.22. The van der Waals surface area contributed by atoms with Gasteiger partial charge in [-0.15, -0.1) is 0 Å². The van der Waals surface area contributed by atoms with E-state index in [1.54, 1.807) is 30.3 Å². The quantitative estimate of drug-likeness (QED) is 0.456. The minimum Gasteiger partial charge on any atom is -0.466 e. The molecule has 1 rings (SSSR count). The molecular weight excluding hydrogens is 223 g/mol. The molecule has 0 aliphatic heterocycles. The molecular formula is C10H10F3NO2. The van der Waals surface area contributed by atoms with Crippen LogP contribution in [0, 0.1) is 0 Å². The van der Waals surface area contributed by atoms with E-state index in [0.717, 1.165) is 0 Å². The van der Waals surface area contributed by atoms with Crippen LogP contribution in [0.3, 0.4) is 0 Å². The predicted molar refractivity (Wildman–Crippen MR) is 52.0 cm³/mol. The first kappa shape index (κ1) is 12.4. The molecule has 88 valence electrons. The molecule has 0 aliphatic rings. The molecule has 16 heavy (non-hydrogen) atoms. The van der Waals surface area contributed by atoms with E-state index in [-0.39, 0.29) is 5.90 Å². The van der Waals surface area contributed by atoms with Crippen LogP contribution >= 0.6 is 0 Å². The summed E-state index contributed by atoms with van der Waals surface area (Å²) in [4.78, 5) is 4.42. The smallest absolute Gasteiger partial charge is 0.422 e. The third-order valence-electron chi connectivity index (χ3n) is 1.57. The average molecular weight is 233 g/mol. The Hall–Kier alpha value is -1.72. The van der Waals surface area contributed by atoms with Gasteiger partial charge in [0, 0.05) is 5.56 Å². The van der Waals surface area contributed by atoms with Gasteiger partial charge in [-0.1, -0.05) is 18.2 Å². The minimum atomic E-state index is -4.40. The first-order valence-corrected chi connectivity index (χ1v) is 4.39. The summed E-state index contributed by atoms with van der Waals surface area (Å²) in [5, 5.41) is 3.39. The Balaban J connectivity index is 2.74. The lowest BCUT2D eigenvalue weighted by atomic mass is 10.2. The van der Waals surface area contributed by atoms with E-state index in [9.17, 15) is 13.2 Å². The standard InChI is InChI=1S/C10H10F3NO2/c1-15-14-9(16-7-10(11,12)13)8-5-3-2-4-6-8/h2-6H,7H2,1H3/b14-9+. The van der Waals surface area contributed by atoms with Crippen LogP contribution in [0.25, 0.3) is 0 Å². The van der Waals surface area contributed by atoms with Crippen LogP contribution in [0.5, 0.6) is 0 Å². The second kappa shape index (κ2) is 5.39. The van der Waals surface area contributed by atoms with Gasteiger partial charge in [-0.25, -0.2) is 0 Å². The lowest BCUT2D eigenvalue weighted by Gasteiger charge is -2.10. The molecule has 1 aromatic rings. The zero-order valence-electron chi connectivity index (χ0n) is 8.49. The highest BCUT2D eigenvalue weighted by molar-refractivity contribution is 5.93. The Morgan fingerprint density at radius 3 is 2.38 bits per heavy atom. The van der Waals surface area contributed by atoms with Crippen LogP contribution in [-0.2, 0) is 9.57 Å². The Labute approximate surface area is 90.5 Å². The highest BCUT2D eigenvalue weighted by Crippen LogP contribution is 2.16. The summed E-state index contributed by atoms with van der Waals surface area (Å²) in [5.41, 5.74) is 0.425. The van der Waals surface area contributed by atoms with Gasteiger partial charge in [0.1, 0.15) is 7.11 Å².